The largest absolute Gasteiger partial charge is 0.394 e. The van der Waals surface area contributed by atoms with Gasteiger partial charge >= 0.3 is 0 Å². The van der Waals surface area contributed by atoms with E-state index in [0.717, 1.165) is 0 Å². The number of hydrogen-bond donors (Lipinski definition) is 3. The summed E-state index contributed by atoms with van der Waals surface area (Å²) in [5.41, 5.74) is 0. The molecule has 0 aromatic heterocycles. The second-order valence-corrected chi connectivity index (χ2v) is 4.31. The van der Waals surface area contributed by atoms with Crippen LogP contribution in [0.25, 0.3) is 0 Å². The van der Waals surface area contributed by atoms with Crippen molar-refractivity contribution in [2.24, 2.45) is 0 Å². The van der Waals surface area contributed by atoms with E-state index in [-0.39, 0.29) is 0 Å². The highest BCUT2D eigenvalue weighted by Crippen LogP contribution is 2.38. The third-order valence-electron chi connectivity index (χ3n) is 2.62. The number of fused-ring (bicyclic) bond motifs is 1. The van der Waals surface area contributed by atoms with Gasteiger partial charge in [0.15, 0.2) is 12.1 Å². The minimum absolute atomic E-state index is 0.468. The van der Waals surface area contributed by atoms with E-state index in [4.69, 9.17) is 19.3 Å². The number of rotatable bonds is 2. The van der Waals surface area contributed by atoms with E-state index in [1.807, 2.05) is 0 Å². The van der Waals surface area contributed by atoms with E-state index < -0.39 is 43.1 Å². The highest BCUT2D eigenvalue weighted by molar-refractivity contribution is 4.95. The van der Waals surface area contributed by atoms with Crippen molar-refractivity contribution in [3.8, 4) is 0 Å². The Bertz CT molecular complexity index is 243. The predicted molar refractivity (Wildman–Crippen MR) is 47.8 cm³/mol. The highest BCUT2D eigenvalue weighted by Gasteiger charge is 2.55. The topological polar surface area (TPSA) is 88.4 Å². The molecule has 2 saturated heterocycles. The van der Waals surface area contributed by atoms with Crippen LogP contribution in [-0.2, 0) is 14.2 Å². The first-order valence-corrected chi connectivity index (χ1v) is 4.93. The van der Waals surface area contributed by atoms with Gasteiger partial charge in [0.1, 0.15) is 24.4 Å². The summed E-state index contributed by atoms with van der Waals surface area (Å²) in [6.45, 7) is 2.97. The van der Waals surface area contributed by atoms with Crippen LogP contribution in [0.5, 0.6) is 0 Å². The lowest BCUT2D eigenvalue weighted by atomic mass is 10.1. The molecule has 0 spiro atoms. The molecule has 2 fully saturated rings. The van der Waals surface area contributed by atoms with Crippen LogP contribution in [0.2, 0.25) is 0 Å². The lowest BCUT2D eigenvalue weighted by Crippen LogP contribution is -2.42. The van der Waals surface area contributed by atoms with Crippen molar-refractivity contribution in [1.82, 2.24) is 0 Å². The maximum absolute atomic E-state index is 9.79. The number of ether oxygens (including phenoxy) is 3. The molecule has 0 aromatic rings. The van der Waals surface area contributed by atoms with Gasteiger partial charge in [-0.25, -0.2) is 0 Å². The molecule has 0 radical (unpaired) electrons. The van der Waals surface area contributed by atoms with E-state index in [1.54, 1.807) is 13.8 Å². The van der Waals surface area contributed by atoms with Crippen LogP contribution >= 0.6 is 0 Å². The molecule has 6 heteroatoms. The molecule has 3 N–H and O–H groups in total. The first-order chi connectivity index (χ1) is 6.94. The molecule has 2 rings (SSSR count). The summed E-state index contributed by atoms with van der Waals surface area (Å²) >= 11 is 0. The lowest BCUT2D eigenvalue weighted by molar-refractivity contribution is -0.227. The van der Waals surface area contributed by atoms with Gasteiger partial charge < -0.3 is 29.5 Å². The van der Waals surface area contributed by atoms with E-state index in [2.05, 4.69) is 0 Å². The SMILES string of the molecule is CC1(C)O[C@H]2O[C@@H]([C@H](O)CO)[C@H](O)[C@@H]2O1. The molecular formula is C9H16O6. The molecule has 2 aliphatic heterocycles. The van der Waals surface area contributed by atoms with Crippen molar-refractivity contribution in [2.45, 2.75) is 50.3 Å². The minimum Gasteiger partial charge on any atom is -0.394 e. The quantitative estimate of drug-likeness (QED) is 0.529. The Morgan fingerprint density at radius 2 is 2.00 bits per heavy atom. The first-order valence-electron chi connectivity index (χ1n) is 4.93. The van der Waals surface area contributed by atoms with Crippen LogP contribution in [0, 0.1) is 0 Å². The number of aliphatic hydroxyl groups is 3. The summed E-state index contributed by atoms with van der Waals surface area (Å²) in [6.07, 6.45) is -4.26. The summed E-state index contributed by atoms with van der Waals surface area (Å²) in [7, 11) is 0. The zero-order valence-corrected chi connectivity index (χ0v) is 8.66. The van der Waals surface area contributed by atoms with E-state index in [1.165, 1.54) is 0 Å². The van der Waals surface area contributed by atoms with Gasteiger partial charge in [0.25, 0.3) is 0 Å². The predicted octanol–water partition coefficient (Wildman–Crippen LogP) is -1.42. The molecule has 2 aliphatic rings. The second kappa shape index (κ2) is 3.65. The number of hydrogen-bond acceptors (Lipinski definition) is 6. The fourth-order valence-electron chi connectivity index (χ4n) is 1.94. The van der Waals surface area contributed by atoms with Gasteiger partial charge in [-0.15, -0.1) is 0 Å². The first kappa shape index (κ1) is 11.3. The summed E-state index contributed by atoms with van der Waals surface area (Å²) < 4.78 is 16.1. The van der Waals surface area contributed by atoms with Gasteiger partial charge in [0.05, 0.1) is 6.61 Å². The molecule has 0 aromatic carbocycles. The second-order valence-electron chi connectivity index (χ2n) is 4.31. The van der Waals surface area contributed by atoms with Gasteiger partial charge in [-0.1, -0.05) is 0 Å². The molecule has 0 bridgehead atoms. The van der Waals surface area contributed by atoms with Crippen molar-refractivity contribution in [1.29, 1.82) is 0 Å². The maximum Gasteiger partial charge on any atom is 0.190 e. The molecular weight excluding hydrogens is 204 g/mol. The van der Waals surface area contributed by atoms with Gasteiger partial charge in [0.2, 0.25) is 0 Å². The molecule has 6 nitrogen and oxygen atoms in total. The van der Waals surface area contributed by atoms with Crippen LogP contribution in [0.4, 0.5) is 0 Å². The zero-order valence-electron chi connectivity index (χ0n) is 8.66. The Labute approximate surface area is 87.4 Å². The van der Waals surface area contributed by atoms with Crippen LogP contribution in [0.15, 0.2) is 0 Å². The Morgan fingerprint density at radius 3 is 2.53 bits per heavy atom. The van der Waals surface area contributed by atoms with E-state index in [0.29, 0.717) is 0 Å². The van der Waals surface area contributed by atoms with Crippen LogP contribution in [-0.4, -0.2) is 58.4 Å². The van der Waals surface area contributed by atoms with Crippen molar-refractivity contribution in [3.05, 3.63) is 0 Å². The fourth-order valence-corrected chi connectivity index (χ4v) is 1.94. The third kappa shape index (κ3) is 1.89. The molecule has 2 heterocycles. The van der Waals surface area contributed by atoms with Crippen molar-refractivity contribution in [2.75, 3.05) is 6.61 Å². The Balaban J connectivity index is 2.05. The Hall–Kier alpha value is -0.240. The Kier molecular flexibility index (Phi) is 2.74. The highest BCUT2D eigenvalue weighted by atomic mass is 16.8. The van der Waals surface area contributed by atoms with Gasteiger partial charge in [-0.05, 0) is 13.8 Å². The van der Waals surface area contributed by atoms with Crippen molar-refractivity contribution < 1.29 is 29.5 Å². The molecule has 5 atom stereocenters. The normalized spacial score (nSPS) is 45.4. The van der Waals surface area contributed by atoms with Gasteiger partial charge in [0, 0.05) is 0 Å². The van der Waals surface area contributed by atoms with Crippen LogP contribution < -0.4 is 0 Å². The monoisotopic (exact) mass is 220 g/mol. The average Bonchev–Trinajstić information content (AvgIpc) is 2.60. The van der Waals surface area contributed by atoms with Gasteiger partial charge in [-0.2, -0.15) is 0 Å². The molecule has 0 unspecified atom stereocenters. The minimum atomic E-state index is -1.12. The van der Waals surface area contributed by atoms with E-state index in [9.17, 15) is 10.2 Å². The summed E-state index contributed by atoms with van der Waals surface area (Å²) in [6, 6.07) is 0. The molecule has 0 amide bonds. The number of aliphatic hydroxyl groups excluding tert-OH is 3. The molecule has 0 aliphatic carbocycles. The summed E-state index contributed by atoms with van der Waals surface area (Å²) in [5, 5.41) is 27.9. The summed E-state index contributed by atoms with van der Waals surface area (Å²) in [4.78, 5) is 0. The fraction of sp³-hybridized carbons (Fsp3) is 1.00. The summed E-state index contributed by atoms with van der Waals surface area (Å²) in [5.74, 6) is -0.786. The maximum atomic E-state index is 9.79. The lowest BCUT2D eigenvalue weighted by Gasteiger charge is -2.24. The smallest absolute Gasteiger partial charge is 0.190 e. The van der Waals surface area contributed by atoms with Crippen LogP contribution in [0.1, 0.15) is 13.8 Å². The third-order valence-corrected chi connectivity index (χ3v) is 2.62. The van der Waals surface area contributed by atoms with Gasteiger partial charge in [-0.3, -0.25) is 0 Å². The molecule has 88 valence electrons. The zero-order chi connectivity index (χ0) is 11.2. The molecule has 0 saturated carbocycles. The van der Waals surface area contributed by atoms with E-state index >= 15 is 0 Å². The molecule has 15 heavy (non-hydrogen) atoms. The van der Waals surface area contributed by atoms with Crippen LogP contribution in [0.3, 0.4) is 0 Å². The Morgan fingerprint density at radius 1 is 1.33 bits per heavy atom. The average molecular weight is 220 g/mol. The van der Waals surface area contributed by atoms with Crippen molar-refractivity contribution >= 4 is 0 Å². The van der Waals surface area contributed by atoms with Crippen molar-refractivity contribution in [3.63, 3.8) is 0 Å². The standard InChI is InChI=1S/C9H16O6/c1-9(2)14-7-5(12)6(4(11)3-10)13-8(7)15-9/h4-8,10-12H,3H2,1-2H3/t4-,5+,6+,7+,8-/m1/s1.